The van der Waals surface area contributed by atoms with Gasteiger partial charge in [0.1, 0.15) is 0 Å². The molecular weight excluding hydrogens is 242 g/mol. The Bertz CT molecular complexity index is 564. The Labute approximate surface area is 111 Å². The average Bonchev–Trinajstić information content (AvgIpc) is 3.03. The average molecular weight is 259 g/mol. The molecule has 100 valence electrons. The van der Waals surface area contributed by atoms with Crippen molar-refractivity contribution in [3.8, 4) is 0 Å². The van der Waals surface area contributed by atoms with Crippen LogP contribution in [0.2, 0.25) is 0 Å². The van der Waals surface area contributed by atoms with Gasteiger partial charge in [0.05, 0.1) is 17.6 Å². The molecule has 0 aromatic heterocycles. The number of nitrogens with zero attached hydrogens (tertiary/aromatic N) is 1. The molecule has 5 heteroatoms. The van der Waals surface area contributed by atoms with Crippen LogP contribution < -0.4 is 16.4 Å². The van der Waals surface area contributed by atoms with Gasteiger partial charge in [-0.2, -0.15) is 0 Å². The fourth-order valence-electron chi connectivity index (χ4n) is 2.49. The molecule has 0 saturated heterocycles. The van der Waals surface area contributed by atoms with Gasteiger partial charge in [-0.1, -0.05) is 12.1 Å². The van der Waals surface area contributed by atoms with E-state index in [-0.39, 0.29) is 18.2 Å². The Morgan fingerprint density at radius 2 is 2.11 bits per heavy atom. The Hall–Kier alpha value is -1.72. The van der Waals surface area contributed by atoms with Gasteiger partial charge < -0.3 is 11.5 Å². The smallest absolute Gasteiger partial charge is 0.253 e. The molecule has 0 atom stereocenters. The summed E-state index contributed by atoms with van der Waals surface area (Å²) in [6.07, 6.45) is 2.37. The van der Waals surface area contributed by atoms with Crippen LogP contribution in [0, 0.1) is 0 Å². The number of rotatable bonds is 3. The Balaban J connectivity index is 1.94. The number of nitrogens with two attached hydrogens (primary N) is 2. The summed E-state index contributed by atoms with van der Waals surface area (Å²) in [4.78, 5) is 25.6. The zero-order valence-corrected chi connectivity index (χ0v) is 10.7. The van der Waals surface area contributed by atoms with Gasteiger partial charge in [0.2, 0.25) is 5.91 Å². The molecule has 1 saturated carbocycles. The second-order valence-electron chi connectivity index (χ2n) is 5.37. The number of fused-ring (bicyclic) bond motifs is 1. The van der Waals surface area contributed by atoms with Crippen molar-refractivity contribution in [1.29, 1.82) is 0 Å². The molecule has 1 fully saturated rings. The van der Waals surface area contributed by atoms with Crippen LogP contribution in [0.1, 0.15) is 24.0 Å². The number of imide groups is 1. The molecule has 1 heterocycles. The van der Waals surface area contributed by atoms with Crippen LogP contribution in [0.25, 0.3) is 0 Å². The number of carbonyl (C=O) groups excluding carboxylic acids is 2. The zero-order chi connectivity index (χ0) is 13.6. The van der Waals surface area contributed by atoms with E-state index in [2.05, 4.69) is 0 Å². The number of hydrogen-bond acceptors (Lipinski definition) is 4. The highest BCUT2D eigenvalue weighted by Crippen LogP contribution is 2.39. The van der Waals surface area contributed by atoms with Crippen molar-refractivity contribution < 1.29 is 9.59 Å². The number of benzene rings is 1. The van der Waals surface area contributed by atoms with E-state index in [1.807, 2.05) is 18.2 Å². The maximum absolute atomic E-state index is 12.3. The van der Waals surface area contributed by atoms with E-state index in [0.717, 1.165) is 17.5 Å². The quantitative estimate of drug-likeness (QED) is 0.753. The van der Waals surface area contributed by atoms with Crippen molar-refractivity contribution in [2.75, 3.05) is 11.4 Å². The molecule has 5 nitrogen and oxygen atoms in total. The molecule has 0 spiro atoms. The van der Waals surface area contributed by atoms with E-state index in [1.165, 1.54) is 4.90 Å². The number of anilines is 1. The molecule has 3 rings (SSSR count). The minimum Gasteiger partial charge on any atom is -0.330 e. The predicted octanol–water partition coefficient (Wildman–Crippen LogP) is 0.0948. The molecule has 19 heavy (non-hydrogen) atoms. The maximum Gasteiger partial charge on any atom is 0.253 e. The molecule has 1 aliphatic carbocycles. The van der Waals surface area contributed by atoms with Crippen LogP contribution in [0.5, 0.6) is 0 Å². The van der Waals surface area contributed by atoms with Gasteiger partial charge in [-0.15, -0.1) is 0 Å². The third-order valence-electron chi connectivity index (χ3n) is 3.83. The van der Waals surface area contributed by atoms with Gasteiger partial charge in [0.25, 0.3) is 5.91 Å². The highest BCUT2D eigenvalue weighted by molar-refractivity contribution is 6.22. The van der Waals surface area contributed by atoms with Crippen molar-refractivity contribution in [3.63, 3.8) is 0 Å². The first-order valence-corrected chi connectivity index (χ1v) is 6.53. The topological polar surface area (TPSA) is 89.4 Å². The molecule has 4 N–H and O–H groups in total. The first-order chi connectivity index (χ1) is 9.05. The Morgan fingerprint density at radius 3 is 2.74 bits per heavy atom. The summed E-state index contributed by atoms with van der Waals surface area (Å²) in [6.45, 7) is 0.571. The first kappa shape index (κ1) is 12.3. The summed E-state index contributed by atoms with van der Waals surface area (Å²) in [5.74, 6) is -0.440. The van der Waals surface area contributed by atoms with Crippen LogP contribution in [0.4, 0.5) is 5.69 Å². The summed E-state index contributed by atoms with van der Waals surface area (Å²) in [5, 5.41) is 0. The standard InChI is InChI=1S/C14H17N3O2/c15-6-3-9-1-2-11-10(7-9)8-12(18)17(11)13(19)14(16)4-5-14/h1-2,7H,3-6,8,15-16H2. The van der Waals surface area contributed by atoms with Crippen molar-refractivity contribution in [3.05, 3.63) is 29.3 Å². The zero-order valence-electron chi connectivity index (χ0n) is 10.7. The molecule has 0 bridgehead atoms. The summed E-state index contributed by atoms with van der Waals surface area (Å²) in [6, 6.07) is 5.71. The maximum atomic E-state index is 12.3. The Morgan fingerprint density at radius 1 is 1.37 bits per heavy atom. The predicted molar refractivity (Wildman–Crippen MR) is 71.5 cm³/mol. The Kier molecular flexibility index (Phi) is 2.69. The molecule has 1 aromatic carbocycles. The summed E-state index contributed by atoms with van der Waals surface area (Å²) in [5.41, 5.74) is 13.3. The highest BCUT2D eigenvalue weighted by Gasteiger charge is 2.51. The van der Waals surface area contributed by atoms with Crippen molar-refractivity contribution in [1.82, 2.24) is 0 Å². The summed E-state index contributed by atoms with van der Waals surface area (Å²) >= 11 is 0. The second-order valence-corrected chi connectivity index (χ2v) is 5.37. The van der Waals surface area contributed by atoms with Crippen LogP contribution in [-0.4, -0.2) is 23.9 Å². The van der Waals surface area contributed by atoms with Crippen LogP contribution in [0.15, 0.2) is 18.2 Å². The van der Waals surface area contributed by atoms with E-state index >= 15 is 0 Å². The van der Waals surface area contributed by atoms with Gasteiger partial charge in [-0.25, -0.2) is 4.90 Å². The van der Waals surface area contributed by atoms with Gasteiger partial charge in [0, 0.05) is 0 Å². The minimum absolute atomic E-state index is 0.179. The van der Waals surface area contributed by atoms with Crippen LogP contribution in [0.3, 0.4) is 0 Å². The molecule has 2 amide bonds. The van der Waals surface area contributed by atoms with E-state index in [1.54, 1.807) is 0 Å². The highest BCUT2D eigenvalue weighted by atomic mass is 16.2. The minimum atomic E-state index is -0.812. The van der Waals surface area contributed by atoms with Crippen molar-refractivity contribution in [2.24, 2.45) is 11.5 Å². The largest absolute Gasteiger partial charge is 0.330 e. The second kappa shape index (κ2) is 4.15. The summed E-state index contributed by atoms with van der Waals surface area (Å²) in [7, 11) is 0. The lowest BCUT2D eigenvalue weighted by molar-refractivity contribution is -0.126. The van der Waals surface area contributed by atoms with E-state index in [4.69, 9.17) is 11.5 Å². The molecule has 0 radical (unpaired) electrons. The number of carbonyl (C=O) groups is 2. The van der Waals surface area contributed by atoms with Gasteiger partial charge in [0.15, 0.2) is 0 Å². The first-order valence-electron chi connectivity index (χ1n) is 6.53. The monoisotopic (exact) mass is 259 g/mol. The van der Waals surface area contributed by atoms with E-state index in [0.29, 0.717) is 25.1 Å². The van der Waals surface area contributed by atoms with E-state index in [9.17, 15) is 9.59 Å². The van der Waals surface area contributed by atoms with Gasteiger partial charge in [-0.05, 0) is 43.0 Å². The van der Waals surface area contributed by atoms with Crippen LogP contribution in [-0.2, 0) is 22.4 Å². The lowest BCUT2D eigenvalue weighted by atomic mass is 10.1. The molecule has 0 unspecified atom stereocenters. The third kappa shape index (κ3) is 1.95. The van der Waals surface area contributed by atoms with Crippen molar-refractivity contribution >= 4 is 17.5 Å². The lowest BCUT2D eigenvalue weighted by Gasteiger charge is -2.19. The summed E-state index contributed by atoms with van der Waals surface area (Å²) < 4.78 is 0. The SMILES string of the molecule is NCCc1ccc2c(c1)CC(=O)N2C(=O)C1(N)CC1. The lowest BCUT2D eigenvalue weighted by Crippen LogP contribution is -2.47. The fraction of sp³-hybridized carbons (Fsp3) is 0.429. The molecule has 1 aliphatic heterocycles. The number of hydrogen-bond donors (Lipinski definition) is 2. The van der Waals surface area contributed by atoms with Gasteiger partial charge in [-0.3, -0.25) is 9.59 Å². The van der Waals surface area contributed by atoms with Gasteiger partial charge >= 0.3 is 0 Å². The molecule has 1 aromatic rings. The van der Waals surface area contributed by atoms with Crippen LogP contribution >= 0.6 is 0 Å². The molecular formula is C14H17N3O2. The van der Waals surface area contributed by atoms with E-state index < -0.39 is 5.54 Å². The fourth-order valence-corrected chi connectivity index (χ4v) is 2.49. The molecule has 2 aliphatic rings. The number of amides is 2. The van der Waals surface area contributed by atoms with Crippen molar-refractivity contribution in [2.45, 2.75) is 31.2 Å². The normalized spacial score (nSPS) is 19.5. The third-order valence-corrected chi connectivity index (χ3v) is 3.83.